The first-order chi connectivity index (χ1) is 19.9. The van der Waals surface area contributed by atoms with E-state index in [1.165, 1.54) is 0 Å². The number of aryl methyl sites for hydroxylation is 1. The lowest BCUT2D eigenvalue weighted by molar-refractivity contribution is -0.670. The van der Waals surface area contributed by atoms with Crippen LogP contribution in [0, 0.1) is 5.92 Å². The number of carboxylic acid groups (broad SMARTS) is 1. The van der Waals surface area contributed by atoms with Gasteiger partial charge in [0.2, 0.25) is 18.6 Å². The van der Waals surface area contributed by atoms with Gasteiger partial charge in [0.1, 0.15) is 12.7 Å². The van der Waals surface area contributed by atoms with Crippen molar-refractivity contribution in [3.05, 3.63) is 48.3 Å². The highest BCUT2D eigenvalue weighted by Gasteiger charge is 2.47. The maximum Gasteiger partial charge on any atom is 0.308 e. The molecule has 0 spiro atoms. The Morgan fingerprint density at radius 3 is 2.76 bits per heavy atom. The molecule has 2 fully saturated rings. The van der Waals surface area contributed by atoms with Crippen molar-refractivity contribution >= 4 is 23.5 Å². The average molecular weight is 566 g/mol. The van der Waals surface area contributed by atoms with Gasteiger partial charge in [0, 0.05) is 50.6 Å². The van der Waals surface area contributed by atoms with E-state index in [1.807, 2.05) is 69.0 Å². The van der Waals surface area contributed by atoms with Gasteiger partial charge in [-0.25, -0.2) is 4.57 Å². The van der Waals surface area contributed by atoms with E-state index in [0.717, 1.165) is 36.9 Å². The number of hydrogen-bond donors (Lipinski definition) is 1. The van der Waals surface area contributed by atoms with Crippen molar-refractivity contribution in [1.29, 1.82) is 0 Å². The molecule has 220 valence electrons. The number of ether oxygens (including phenoxy) is 2. The fraction of sp³-hybridized carbons (Fsp3) is 0.548. The van der Waals surface area contributed by atoms with E-state index in [-0.39, 0.29) is 31.1 Å². The molecule has 0 saturated carbocycles. The highest BCUT2D eigenvalue weighted by molar-refractivity contribution is 5.94. The molecule has 1 aromatic carbocycles. The summed E-state index contributed by atoms with van der Waals surface area (Å²) in [6, 6.07) is 9.06. The number of benzene rings is 1. The van der Waals surface area contributed by atoms with Gasteiger partial charge in [0.15, 0.2) is 23.9 Å². The number of carboxylic acids is 1. The molecule has 1 aromatic heterocycles. The lowest BCUT2D eigenvalue weighted by Crippen LogP contribution is -2.46. The van der Waals surface area contributed by atoms with Gasteiger partial charge < -0.3 is 24.4 Å². The summed E-state index contributed by atoms with van der Waals surface area (Å²) in [6.07, 6.45) is 8.57. The zero-order valence-electron chi connectivity index (χ0n) is 24.0. The minimum atomic E-state index is -0.893. The van der Waals surface area contributed by atoms with Gasteiger partial charge >= 0.3 is 5.97 Å². The van der Waals surface area contributed by atoms with Crippen molar-refractivity contribution in [1.82, 2.24) is 9.80 Å². The molecule has 3 aliphatic rings. The van der Waals surface area contributed by atoms with Crippen LogP contribution in [0.3, 0.4) is 0 Å². The van der Waals surface area contributed by atoms with Crippen LogP contribution in [0.2, 0.25) is 0 Å². The molecular formula is C31H41N4O6+. The van der Waals surface area contributed by atoms with Gasteiger partial charge in [0.05, 0.1) is 12.5 Å². The van der Waals surface area contributed by atoms with E-state index >= 15 is 0 Å². The summed E-state index contributed by atoms with van der Waals surface area (Å²) in [5, 5.41) is 10.5. The molecule has 0 bridgehead atoms. The largest absolute Gasteiger partial charge is 0.481 e. The molecule has 0 unspecified atom stereocenters. The second-order valence-corrected chi connectivity index (χ2v) is 11.3. The Balaban J connectivity index is 1.42. The van der Waals surface area contributed by atoms with Crippen molar-refractivity contribution in [2.75, 3.05) is 44.4 Å². The molecule has 0 aliphatic carbocycles. The predicted octanol–water partition coefficient (Wildman–Crippen LogP) is 2.94. The van der Waals surface area contributed by atoms with Crippen LogP contribution in [0.1, 0.15) is 56.9 Å². The number of aliphatic carboxylic acids is 1. The molecule has 4 heterocycles. The van der Waals surface area contributed by atoms with Gasteiger partial charge in [0.25, 0.3) is 0 Å². The Morgan fingerprint density at radius 1 is 1.17 bits per heavy atom. The van der Waals surface area contributed by atoms with Crippen LogP contribution < -0.4 is 18.9 Å². The number of carbonyl (C=O) groups excluding carboxylic acids is 2. The normalized spacial score (nSPS) is 22.2. The third kappa shape index (κ3) is 6.48. The Morgan fingerprint density at radius 2 is 2.00 bits per heavy atom. The zero-order chi connectivity index (χ0) is 28.9. The number of anilines is 1. The highest BCUT2D eigenvalue weighted by Crippen LogP contribution is 2.43. The van der Waals surface area contributed by atoms with Crippen molar-refractivity contribution < 1.29 is 33.5 Å². The number of fused-ring (bicyclic) bond motifs is 1. The number of piperidine rings is 1. The van der Waals surface area contributed by atoms with Crippen LogP contribution in [0.4, 0.5) is 5.69 Å². The Bertz CT molecular complexity index is 1270. The lowest BCUT2D eigenvalue weighted by atomic mass is 9.84. The van der Waals surface area contributed by atoms with Gasteiger partial charge in [-0.1, -0.05) is 19.4 Å². The van der Waals surface area contributed by atoms with Crippen LogP contribution in [0.15, 0.2) is 42.7 Å². The molecule has 41 heavy (non-hydrogen) atoms. The maximum absolute atomic E-state index is 13.9. The third-order valence-electron chi connectivity index (χ3n) is 8.58. The third-order valence-corrected chi connectivity index (χ3v) is 8.58. The second kappa shape index (κ2) is 12.9. The monoisotopic (exact) mass is 565 g/mol. The van der Waals surface area contributed by atoms with E-state index in [2.05, 4.69) is 6.92 Å². The summed E-state index contributed by atoms with van der Waals surface area (Å²) < 4.78 is 13.0. The van der Waals surface area contributed by atoms with Crippen molar-refractivity contribution in [2.24, 2.45) is 13.0 Å². The fourth-order valence-electron chi connectivity index (χ4n) is 6.43. The lowest BCUT2D eigenvalue weighted by Gasteiger charge is -2.32. The number of rotatable bonds is 11. The molecule has 0 radical (unpaired) electrons. The summed E-state index contributed by atoms with van der Waals surface area (Å²) in [5.41, 5.74) is 1.68. The Kier molecular flexibility index (Phi) is 9.07. The summed E-state index contributed by atoms with van der Waals surface area (Å²) in [4.78, 5) is 45.0. The van der Waals surface area contributed by atoms with Crippen molar-refractivity contribution in [3.8, 4) is 11.5 Å². The van der Waals surface area contributed by atoms with Crippen LogP contribution in [0.5, 0.6) is 11.5 Å². The van der Waals surface area contributed by atoms with Gasteiger partial charge in [-0.3, -0.25) is 19.3 Å². The van der Waals surface area contributed by atoms with Gasteiger partial charge in [-0.2, -0.15) is 0 Å². The molecule has 10 nitrogen and oxygen atoms in total. The number of likely N-dealkylation sites (tertiary alicyclic amines) is 2. The second-order valence-electron chi connectivity index (χ2n) is 11.3. The van der Waals surface area contributed by atoms with Crippen LogP contribution in [-0.2, 0) is 21.4 Å². The standard InChI is InChI=1S/C31H40N4O6/c1-3-4-15-35(23-8-7-13-32(2)18-23)29(37)20-34-19-24(22-10-11-26-27(17-22)41-21-40-26)30(31(38)39)25(34)12-16-33-14-6-5-9-28(33)36/h7-8,10-11,13,17-18,24-25,30H,3-6,9,12,14-16,19-21H2,1-2H3/p+1/t24-,25+,30-/m1/s1. The van der Waals surface area contributed by atoms with E-state index in [9.17, 15) is 19.5 Å². The van der Waals surface area contributed by atoms with E-state index in [1.54, 1.807) is 0 Å². The van der Waals surface area contributed by atoms with Crippen molar-refractivity contribution in [2.45, 2.75) is 57.4 Å². The maximum atomic E-state index is 13.9. The SMILES string of the molecule is CCCCN(C(=O)CN1C[C@H](c2ccc3c(c2)OCO3)[C@@H](C(=O)O)[C@@H]1CCN1CCCCC1=O)c1ccc[n+](C)c1. The molecule has 1 N–H and O–H groups in total. The molecule has 3 aliphatic heterocycles. The summed E-state index contributed by atoms with van der Waals surface area (Å²) in [5.74, 6) is -0.640. The zero-order valence-corrected chi connectivity index (χ0v) is 24.0. The summed E-state index contributed by atoms with van der Waals surface area (Å²) >= 11 is 0. The fourth-order valence-corrected chi connectivity index (χ4v) is 6.43. The number of pyridine rings is 1. The highest BCUT2D eigenvalue weighted by atomic mass is 16.7. The summed E-state index contributed by atoms with van der Waals surface area (Å²) in [7, 11) is 1.93. The number of aromatic nitrogens is 1. The number of amides is 2. The quantitative estimate of drug-likeness (QED) is 0.418. The Hall–Kier alpha value is -3.66. The molecule has 2 amide bonds. The average Bonchev–Trinajstić information content (AvgIpc) is 3.57. The minimum absolute atomic E-state index is 0.0563. The van der Waals surface area contributed by atoms with E-state index < -0.39 is 17.9 Å². The topological polar surface area (TPSA) is 104 Å². The number of hydrogen-bond acceptors (Lipinski definition) is 6. The van der Waals surface area contributed by atoms with Crippen molar-refractivity contribution in [3.63, 3.8) is 0 Å². The first-order valence-electron chi connectivity index (χ1n) is 14.8. The molecule has 10 heteroatoms. The Labute approximate surface area is 241 Å². The first kappa shape index (κ1) is 28.9. The molecule has 2 saturated heterocycles. The molecule has 2 aromatic rings. The number of nitrogens with zero attached hydrogens (tertiary/aromatic N) is 4. The van der Waals surface area contributed by atoms with Crippen LogP contribution in [0.25, 0.3) is 0 Å². The van der Waals surface area contributed by atoms with E-state index in [4.69, 9.17) is 9.47 Å². The number of carbonyl (C=O) groups is 3. The predicted molar refractivity (Wildman–Crippen MR) is 152 cm³/mol. The smallest absolute Gasteiger partial charge is 0.308 e. The van der Waals surface area contributed by atoms with Gasteiger partial charge in [-0.15, -0.1) is 0 Å². The molecule has 5 rings (SSSR count). The van der Waals surface area contributed by atoms with Gasteiger partial charge in [-0.05, 0) is 49.4 Å². The van der Waals surface area contributed by atoms with E-state index in [0.29, 0.717) is 50.5 Å². The summed E-state index contributed by atoms with van der Waals surface area (Å²) in [6.45, 7) is 4.54. The van der Waals surface area contributed by atoms with Crippen LogP contribution >= 0.6 is 0 Å². The minimum Gasteiger partial charge on any atom is -0.481 e. The molecular weight excluding hydrogens is 524 g/mol. The number of unbranched alkanes of at least 4 members (excludes halogenated alkanes) is 1. The first-order valence-corrected chi connectivity index (χ1v) is 14.8. The molecule has 3 atom stereocenters. The van der Waals surface area contributed by atoms with Crippen LogP contribution in [-0.4, -0.2) is 78.2 Å².